The minimum absolute atomic E-state index is 0.0754. The van der Waals surface area contributed by atoms with Crippen LogP contribution in [0, 0.1) is 0 Å². The lowest BCUT2D eigenvalue weighted by Crippen LogP contribution is -2.24. The zero-order valence-electron chi connectivity index (χ0n) is 10.4. The Kier molecular flexibility index (Phi) is 4.96. The van der Waals surface area contributed by atoms with E-state index in [1.807, 2.05) is 36.4 Å². The molecule has 1 amide bonds. The van der Waals surface area contributed by atoms with Crippen LogP contribution in [0.25, 0.3) is 0 Å². The van der Waals surface area contributed by atoms with Crippen LogP contribution in [0.2, 0.25) is 4.34 Å². The molecule has 1 aromatic carbocycles. The van der Waals surface area contributed by atoms with Crippen LogP contribution in [-0.2, 0) is 13.0 Å². The second kappa shape index (κ2) is 6.70. The Morgan fingerprint density at radius 1 is 1.26 bits per heavy atom. The second-order valence-electron chi connectivity index (χ2n) is 4.08. The van der Waals surface area contributed by atoms with Crippen molar-refractivity contribution in [1.29, 1.82) is 0 Å². The Morgan fingerprint density at radius 2 is 2.05 bits per heavy atom. The van der Waals surface area contributed by atoms with Gasteiger partial charge in [0.2, 0.25) is 0 Å². The lowest BCUT2D eigenvalue weighted by Gasteiger charge is -2.08. The molecule has 5 heteroatoms. The van der Waals surface area contributed by atoms with Crippen molar-refractivity contribution in [2.24, 2.45) is 5.73 Å². The fourth-order valence-electron chi connectivity index (χ4n) is 1.82. The molecule has 2 aromatic rings. The zero-order valence-corrected chi connectivity index (χ0v) is 11.9. The molecule has 3 nitrogen and oxygen atoms in total. The van der Waals surface area contributed by atoms with Gasteiger partial charge in [0.15, 0.2) is 0 Å². The summed E-state index contributed by atoms with van der Waals surface area (Å²) in [5.41, 5.74) is 7.22. The van der Waals surface area contributed by atoms with E-state index in [-0.39, 0.29) is 5.91 Å². The van der Waals surface area contributed by atoms with Gasteiger partial charge in [0, 0.05) is 10.4 Å². The summed E-state index contributed by atoms with van der Waals surface area (Å²) in [5.74, 6) is -0.0754. The van der Waals surface area contributed by atoms with Crippen LogP contribution < -0.4 is 11.1 Å². The van der Waals surface area contributed by atoms with Gasteiger partial charge in [-0.2, -0.15) is 0 Å². The Labute approximate surface area is 121 Å². The van der Waals surface area contributed by atoms with Crippen LogP contribution in [-0.4, -0.2) is 12.5 Å². The van der Waals surface area contributed by atoms with Gasteiger partial charge in [0.05, 0.1) is 10.9 Å². The van der Waals surface area contributed by atoms with Crippen molar-refractivity contribution < 1.29 is 4.79 Å². The van der Waals surface area contributed by atoms with E-state index in [0.29, 0.717) is 25.1 Å². The molecular weight excluding hydrogens is 280 g/mol. The third kappa shape index (κ3) is 3.80. The maximum atomic E-state index is 12.1. The SMILES string of the molecule is NCCc1ccccc1C(=O)NCc1ccc(Cl)s1. The minimum Gasteiger partial charge on any atom is -0.347 e. The maximum Gasteiger partial charge on any atom is 0.251 e. The Balaban J connectivity index is 2.03. The van der Waals surface area contributed by atoms with E-state index in [4.69, 9.17) is 17.3 Å². The van der Waals surface area contributed by atoms with Gasteiger partial charge >= 0.3 is 0 Å². The third-order valence-electron chi connectivity index (χ3n) is 2.73. The molecule has 100 valence electrons. The highest BCUT2D eigenvalue weighted by Crippen LogP contribution is 2.21. The van der Waals surface area contributed by atoms with E-state index >= 15 is 0 Å². The Hall–Kier alpha value is -1.36. The molecule has 0 bridgehead atoms. The predicted octanol–water partition coefficient (Wildman–Crippen LogP) is 2.83. The lowest BCUT2D eigenvalue weighted by molar-refractivity contribution is 0.0950. The standard InChI is InChI=1S/C14H15ClN2OS/c15-13-6-5-11(19-13)9-17-14(18)12-4-2-1-3-10(12)7-8-16/h1-6H,7-9,16H2,(H,17,18). The van der Waals surface area contributed by atoms with Gasteiger partial charge in [-0.3, -0.25) is 4.79 Å². The number of rotatable bonds is 5. The molecule has 0 atom stereocenters. The van der Waals surface area contributed by atoms with Crippen molar-refractivity contribution in [3.63, 3.8) is 0 Å². The fraction of sp³-hybridized carbons (Fsp3) is 0.214. The van der Waals surface area contributed by atoms with Gasteiger partial charge < -0.3 is 11.1 Å². The Bertz CT molecular complexity index is 568. The molecule has 19 heavy (non-hydrogen) atoms. The monoisotopic (exact) mass is 294 g/mol. The van der Waals surface area contributed by atoms with Gasteiger partial charge in [0.25, 0.3) is 5.91 Å². The van der Waals surface area contributed by atoms with E-state index in [9.17, 15) is 4.79 Å². The van der Waals surface area contributed by atoms with Crippen molar-refractivity contribution in [2.45, 2.75) is 13.0 Å². The fourth-order valence-corrected chi connectivity index (χ4v) is 2.85. The quantitative estimate of drug-likeness (QED) is 0.891. The third-order valence-corrected chi connectivity index (χ3v) is 3.96. The first-order chi connectivity index (χ1) is 9.20. The van der Waals surface area contributed by atoms with Crippen molar-refractivity contribution in [3.8, 4) is 0 Å². The molecule has 0 fully saturated rings. The average molecular weight is 295 g/mol. The molecule has 0 radical (unpaired) electrons. The highest BCUT2D eigenvalue weighted by Gasteiger charge is 2.10. The van der Waals surface area contributed by atoms with E-state index in [2.05, 4.69) is 5.32 Å². The van der Waals surface area contributed by atoms with Gasteiger partial charge in [-0.1, -0.05) is 29.8 Å². The van der Waals surface area contributed by atoms with Crippen molar-refractivity contribution in [1.82, 2.24) is 5.32 Å². The molecule has 0 aliphatic carbocycles. The molecule has 0 saturated carbocycles. The van der Waals surface area contributed by atoms with Crippen LogP contribution in [0.4, 0.5) is 0 Å². The highest BCUT2D eigenvalue weighted by molar-refractivity contribution is 7.16. The predicted molar refractivity (Wildman–Crippen MR) is 79.7 cm³/mol. The molecule has 0 unspecified atom stereocenters. The van der Waals surface area contributed by atoms with Gasteiger partial charge in [-0.25, -0.2) is 0 Å². The number of carbonyl (C=O) groups excluding carboxylic acids is 1. The number of halogens is 1. The molecule has 1 heterocycles. The summed E-state index contributed by atoms with van der Waals surface area (Å²) in [6.07, 6.45) is 0.703. The highest BCUT2D eigenvalue weighted by atomic mass is 35.5. The average Bonchev–Trinajstić information content (AvgIpc) is 2.83. The Morgan fingerprint density at radius 3 is 2.74 bits per heavy atom. The van der Waals surface area contributed by atoms with E-state index < -0.39 is 0 Å². The normalized spacial score (nSPS) is 10.4. The first-order valence-electron chi connectivity index (χ1n) is 6.01. The summed E-state index contributed by atoms with van der Waals surface area (Å²) in [6, 6.07) is 11.3. The van der Waals surface area contributed by atoms with Crippen LogP contribution >= 0.6 is 22.9 Å². The number of hydrogen-bond donors (Lipinski definition) is 2. The molecule has 0 aliphatic rings. The first kappa shape index (κ1) is 14.1. The van der Waals surface area contributed by atoms with Gasteiger partial charge in [-0.15, -0.1) is 11.3 Å². The number of nitrogens with two attached hydrogens (primary N) is 1. The van der Waals surface area contributed by atoms with Crippen molar-refractivity contribution >= 4 is 28.8 Å². The topological polar surface area (TPSA) is 55.1 Å². The maximum absolute atomic E-state index is 12.1. The van der Waals surface area contributed by atoms with Crippen LogP contribution in [0.1, 0.15) is 20.8 Å². The number of carbonyl (C=O) groups is 1. The van der Waals surface area contributed by atoms with Crippen LogP contribution in [0.5, 0.6) is 0 Å². The summed E-state index contributed by atoms with van der Waals surface area (Å²) in [7, 11) is 0. The molecule has 1 aromatic heterocycles. The molecule has 0 aliphatic heterocycles. The minimum atomic E-state index is -0.0754. The summed E-state index contributed by atoms with van der Waals surface area (Å²) < 4.78 is 0.729. The van der Waals surface area contributed by atoms with E-state index in [0.717, 1.165) is 14.8 Å². The van der Waals surface area contributed by atoms with Crippen LogP contribution in [0.15, 0.2) is 36.4 Å². The van der Waals surface area contributed by atoms with Crippen molar-refractivity contribution in [3.05, 3.63) is 56.7 Å². The summed E-state index contributed by atoms with van der Waals surface area (Å²) in [4.78, 5) is 13.2. The first-order valence-corrected chi connectivity index (χ1v) is 7.20. The second-order valence-corrected chi connectivity index (χ2v) is 5.88. The van der Waals surface area contributed by atoms with Gasteiger partial charge in [0.1, 0.15) is 0 Å². The molecule has 3 N–H and O–H groups in total. The number of benzene rings is 1. The molecule has 2 rings (SSSR count). The lowest BCUT2D eigenvalue weighted by atomic mass is 10.0. The molecular formula is C14H15ClN2OS. The summed E-state index contributed by atoms with van der Waals surface area (Å²) in [6.45, 7) is 1.03. The number of nitrogens with one attached hydrogen (secondary N) is 1. The zero-order chi connectivity index (χ0) is 13.7. The summed E-state index contributed by atoms with van der Waals surface area (Å²) in [5, 5.41) is 2.90. The van der Waals surface area contributed by atoms with Gasteiger partial charge in [-0.05, 0) is 36.7 Å². The summed E-state index contributed by atoms with van der Waals surface area (Å²) >= 11 is 7.32. The number of amides is 1. The van der Waals surface area contributed by atoms with E-state index in [1.165, 1.54) is 11.3 Å². The van der Waals surface area contributed by atoms with Crippen molar-refractivity contribution in [2.75, 3.05) is 6.54 Å². The smallest absolute Gasteiger partial charge is 0.251 e. The van der Waals surface area contributed by atoms with Crippen LogP contribution in [0.3, 0.4) is 0 Å². The van der Waals surface area contributed by atoms with E-state index in [1.54, 1.807) is 0 Å². The molecule has 0 spiro atoms. The number of hydrogen-bond acceptors (Lipinski definition) is 3. The number of thiophene rings is 1. The molecule has 0 saturated heterocycles. The largest absolute Gasteiger partial charge is 0.347 e.